The summed E-state index contributed by atoms with van der Waals surface area (Å²) in [6, 6.07) is 0.321. The van der Waals surface area contributed by atoms with Gasteiger partial charge in [0.25, 0.3) is 0 Å². The lowest BCUT2D eigenvalue weighted by Gasteiger charge is -2.33. The minimum atomic E-state index is 0.264. The zero-order valence-electron chi connectivity index (χ0n) is 10.5. The monoisotopic (exact) mass is 212 g/mol. The summed E-state index contributed by atoms with van der Waals surface area (Å²) in [5, 5.41) is 0. The first-order valence-electron chi connectivity index (χ1n) is 6.05. The number of nitrogens with zero attached hydrogens (tertiary/aromatic N) is 2. The van der Waals surface area contributed by atoms with E-state index in [2.05, 4.69) is 25.7 Å². The summed E-state index contributed by atoms with van der Waals surface area (Å²) in [5.41, 5.74) is 0. The van der Waals surface area contributed by atoms with Gasteiger partial charge < -0.3 is 9.80 Å². The van der Waals surface area contributed by atoms with E-state index in [-0.39, 0.29) is 5.92 Å². The van der Waals surface area contributed by atoms with E-state index in [4.69, 9.17) is 0 Å². The van der Waals surface area contributed by atoms with Crippen LogP contribution in [0.1, 0.15) is 33.6 Å². The van der Waals surface area contributed by atoms with Crippen molar-refractivity contribution < 1.29 is 4.79 Å². The maximum atomic E-state index is 12.0. The largest absolute Gasteiger partial charge is 0.343 e. The maximum Gasteiger partial charge on any atom is 0.225 e. The van der Waals surface area contributed by atoms with Crippen molar-refractivity contribution in [3.63, 3.8) is 0 Å². The van der Waals surface area contributed by atoms with Crippen LogP contribution < -0.4 is 0 Å². The van der Waals surface area contributed by atoms with Gasteiger partial charge in [-0.3, -0.25) is 4.79 Å². The fourth-order valence-corrected chi connectivity index (χ4v) is 2.04. The predicted molar refractivity (Wildman–Crippen MR) is 62.7 cm³/mol. The fraction of sp³-hybridized carbons (Fsp3) is 0.917. The van der Waals surface area contributed by atoms with E-state index >= 15 is 0 Å². The molecule has 0 saturated carbocycles. The Kier molecular flexibility index (Phi) is 4.58. The number of hydrogen-bond donors (Lipinski definition) is 0. The third kappa shape index (κ3) is 3.20. The molecule has 1 rings (SSSR count). The van der Waals surface area contributed by atoms with Crippen molar-refractivity contribution in [3.05, 3.63) is 0 Å². The Morgan fingerprint density at radius 3 is 2.33 bits per heavy atom. The lowest BCUT2D eigenvalue weighted by Crippen LogP contribution is -2.43. The van der Waals surface area contributed by atoms with Crippen molar-refractivity contribution in [2.75, 3.05) is 26.7 Å². The highest BCUT2D eigenvalue weighted by molar-refractivity contribution is 5.78. The molecular formula is C12H24N2O. The van der Waals surface area contributed by atoms with Gasteiger partial charge in [-0.05, 0) is 46.3 Å². The second kappa shape index (κ2) is 5.50. The molecule has 1 saturated heterocycles. The van der Waals surface area contributed by atoms with Crippen LogP contribution in [0.25, 0.3) is 0 Å². The van der Waals surface area contributed by atoms with Gasteiger partial charge in [-0.1, -0.05) is 6.92 Å². The molecule has 0 aromatic carbocycles. The van der Waals surface area contributed by atoms with Crippen LogP contribution in [0.4, 0.5) is 0 Å². The Morgan fingerprint density at radius 1 is 1.40 bits per heavy atom. The van der Waals surface area contributed by atoms with Crippen LogP contribution in [0.2, 0.25) is 0 Å². The molecule has 0 atom stereocenters. The highest BCUT2D eigenvalue weighted by atomic mass is 16.2. The summed E-state index contributed by atoms with van der Waals surface area (Å²) >= 11 is 0. The normalized spacial score (nSPS) is 19.5. The first-order chi connectivity index (χ1) is 7.06. The molecule has 0 radical (unpaired) electrons. The first kappa shape index (κ1) is 12.5. The second-order valence-electron chi connectivity index (χ2n) is 4.75. The molecule has 0 aromatic heterocycles. The Morgan fingerprint density at radius 2 is 1.93 bits per heavy atom. The van der Waals surface area contributed by atoms with Crippen LogP contribution in [0, 0.1) is 5.92 Å². The zero-order valence-corrected chi connectivity index (χ0v) is 10.5. The molecule has 0 aromatic rings. The zero-order chi connectivity index (χ0) is 11.4. The van der Waals surface area contributed by atoms with Gasteiger partial charge in [-0.25, -0.2) is 0 Å². The summed E-state index contributed by atoms with van der Waals surface area (Å²) in [6.45, 7) is 9.60. The van der Waals surface area contributed by atoms with Crippen LogP contribution in [0.5, 0.6) is 0 Å². The molecule has 3 nitrogen and oxygen atoms in total. The van der Waals surface area contributed by atoms with Crippen LogP contribution in [-0.2, 0) is 4.79 Å². The van der Waals surface area contributed by atoms with Gasteiger partial charge in [0, 0.05) is 19.0 Å². The summed E-state index contributed by atoms with van der Waals surface area (Å²) < 4.78 is 0. The van der Waals surface area contributed by atoms with Crippen molar-refractivity contribution in [2.24, 2.45) is 5.92 Å². The van der Waals surface area contributed by atoms with E-state index in [0.29, 0.717) is 11.9 Å². The highest BCUT2D eigenvalue weighted by Gasteiger charge is 2.27. The van der Waals surface area contributed by atoms with Gasteiger partial charge in [-0.15, -0.1) is 0 Å². The summed E-state index contributed by atoms with van der Waals surface area (Å²) in [4.78, 5) is 16.3. The van der Waals surface area contributed by atoms with Gasteiger partial charge in [0.05, 0.1) is 0 Å². The summed E-state index contributed by atoms with van der Waals surface area (Å²) in [7, 11) is 1.92. The quantitative estimate of drug-likeness (QED) is 0.709. The standard InChI is InChI=1S/C12H24N2O/c1-5-14-8-6-11(7-9-14)12(15)13(4)10(2)3/h10-11H,5-9H2,1-4H3. The first-order valence-corrected chi connectivity index (χ1v) is 6.05. The molecule has 1 heterocycles. The molecule has 0 spiro atoms. The molecule has 1 amide bonds. The SMILES string of the molecule is CCN1CCC(C(=O)N(C)C(C)C)CC1. The number of rotatable bonds is 3. The lowest BCUT2D eigenvalue weighted by molar-refractivity contribution is -0.137. The molecule has 1 aliphatic rings. The molecule has 3 heteroatoms. The van der Waals surface area contributed by atoms with Crippen LogP contribution >= 0.6 is 0 Å². The van der Waals surface area contributed by atoms with Crippen molar-refractivity contribution in [1.29, 1.82) is 0 Å². The van der Waals surface area contributed by atoms with E-state index in [1.54, 1.807) is 0 Å². The van der Waals surface area contributed by atoms with E-state index < -0.39 is 0 Å². The Balaban J connectivity index is 2.42. The van der Waals surface area contributed by atoms with E-state index in [1.165, 1.54) is 0 Å². The Bertz CT molecular complexity index is 208. The molecule has 88 valence electrons. The number of likely N-dealkylation sites (tertiary alicyclic amines) is 1. The van der Waals surface area contributed by atoms with Crippen molar-refractivity contribution in [3.8, 4) is 0 Å². The Labute approximate surface area is 93.4 Å². The van der Waals surface area contributed by atoms with Crippen molar-refractivity contribution in [2.45, 2.75) is 39.7 Å². The van der Waals surface area contributed by atoms with Crippen LogP contribution in [0.3, 0.4) is 0 Å². The second-order valence-corrected chi connectivity index (χ2v) is 4.75. The third-order valence-electron chi connectivity index (χ3n) is 3.51. The minimum Gasteiger partial charge on any atom is -0.343 e. The van der Waals surface area contributed by atoms with Gasteiger partial charge in [0.2, 0.25) is 5.91 Å². The molecular weight excluding hydrogens is 188 g/mol. The van der Waals surface area contributed by atoms with Gasteiger partial charge in [-0.2, -0.15) is 0 Å². The minimum absolute atomic E-state index is 0.264. The number of amides is 1. The van der Waals surface area contributed by atoms with Gasteiger partial charge in [0.1, 0.15) is 0 Å². The third-order valence-corrected chi connectivity index (χ3v) is 3.51. The number of carbonyl (C=O) groups is 1. The van der Waals surface area contributed by atoms with E-state index in [1.807, 2.05) is 11.9 Å². The maximum absolute atomic E-state index is 12.0. The topological polar surface area (TPSA) is 23.6 Å². The molecule has 1 fully saturated rings. The van der Waals surface area contributed by atoms with Crippen LogP contribution in [0.15, 0.2) is 0 Å². The molecule has 0 bridgehead atoms. The smallest absolute Gasteiger partial charge is 0.225 e. The molecule has 0 N–H and O–H groups in total. The van der Waals surface area contributed by atoms with Crippen molar-refractivity contribution >= 4 is 5.91 Å². The average Bonchev–Trinajstić information content (AvgIpc) is 2.27. The summed E-state index contributed by atoms with van der Waals surface area (Å²) in [5.74, 6) is 0.598. The Hall–Kier alpha value is -0.570. The van der Waals surface area contributed by atoms with Crippen LogP contribution in [-0.4, -0.2) is 48.4 Å². The predicted octanol–water partition coefficient (Wildman–Crippen LogP) is 1.59. The van der Waals surface area contributed by atoms with Gasteiger partial charge in [0.15, 0.2) is 0 Å². The lowest BCUT2D eigenvalue weighted by atomic mass is 9.95. The molecule has 0 unspecified atom stereocenters. The molecule has 1 aliphatic heterocycles. The molecule has 15 heavy (non-hydrogen) atoms. The highest BCUT2D eigenvalue weighted by Crippen LogP contribution is 2.19. The number of hydrogen-bond acceptors (Lipinski definition) is 2. The van der Waals surface area contributed by atoms with E-state index in [9.17, 15) is 4.79 Å². The van der Waals surface area contributed by atoms with Gasteiger partial charge >= 0.3 is 0 Å². The molecule has 0 aliphatic carbocycles. The van der Waals surface area contributed by atoms with E-state index in [0.717, 1.165) is 32.5 Å². The van der Waals surface area contributed by atoms with Crippen molar-refractivity contribution in [1.82, 2.24) is 9.80 Å². The summed E-state index contributed by atoms with van der Waals surface area (Å²) in [6.07, 6.45) is 2.06. The number of carbonyl (C=O) groups excluding carboxylic acids is 1. The average molecular weight is 212 g/mol. The fourth-order valence-electron chi connectivity index (χ4n) is 2.04. The number of piperidine rings is 1.